The molecule has 0 aliphatic heterocycles. The molecule has 0 unspecified atom stereocenters. The maximum Gasteiger partial charge on any atom is 0.166 e. The van der Waals surface area contributed by atoms with Crippen LogP contribution in [0.2, 0.25) is 0 Å². The summed E-state index contributed by atoms with van der Waals surface area (Å²) in [6.45, 7) is 3.48. The Morgan fingerprint density at radius 3 is 2.53 bits per heavy atom. The Kier molecular flexibility index (Phi) is 4.88. The van der Waals surface area contributed by atoms with E-state index < -0.39 is 0 Å². The lowest BCUT2D eigenvalue weighted by molar-refractivity contribution is -0.117. The standard InChI is InChI=1S/C14H18O3/c1-10-7-8-14(17-3)12(9-10)13(16)6-4-5-11(2)15/h7-9H,4-6H2,1-3H3. The van der Waals surface area contributed by atoms with Gasteiger partial charge in [-0.2, -0.15) is 0 Å². The quantitative estimate of drug-likeness (QED) is 0.711. The summed E-state index contributed by atoms with van der Waals surface area (Å²) in [6, 6.07) is 5.54. The first-order valence-corrected chi connectivity index (χ1v) is 5.72. The molecule has 1 aromatic rings. The number of carbonyl (C=O) groups excluding carboxylic acids is 2. The molecule has 0 fully saturated rings. The van der Waals surface area contributed by atoms with Gasteiger partial charge < -0.3 is 9.53 Å². The van der Waals surface area contributed by atoms with Crippen molar-refractivity contribution < 1.29 is 14.3 Å². The number of aryl methyl sites for hydroxylation is 1. The van der Waals surface area contributed by atoms with Crippen LogP contribution in [-0.4, -0.2) is 18.7 Å². The first-order chi connectivity index (χ1) is 8.04. The summed E-state index contributed by atoms with van der Waals surface area (Å²) in [5.41, 5.74) is 1.64. The summed E-state index contributed by atoms with van der Waals surface area (Å²) in [5.74, 6) is 0.754. The minimum Gasteiger partial charge on any atom is -0.496 e. The Morgan fingerprint density at radius 2 is 1.94 bits per heavy atom. The van der Waals surface area contributed by atoms with Gasteiger partial charge in [0.2, 0.25) is 0 Å². The van der Waals surface area contributed by atoms with E-state index in [1.165, 1.54) is 6.92 Å². The van der Waals surface area contributed by atoms with E-state index >= 15 is 0 Å². The molecule has 0 bridgehead atoms. The van der Waals surface area contributed by atoms with E-state index in [1.54, 1.807) is 13.2 Å². The van der Waals surface area contributed by atoms with Crippen LogP contribution in [0.3, 0.4) is 0 Å². The molecule has 0 aliphatic carbocycles. The van der Waals surface area contributed by atoms with Gasteiger partial charge in [0.15, 0.2) is 5.78 Å². The second-order valence-electron chi connectivity index (χ2n) is 4.18. The highest BCUT2D eigenvalue weighted by molar-refractivity contribution is 5.99. The van der Waals surface area contributed by atoms with Crippen LogP contribution in [0.15, 0.2) is 18.2 Å². The summed E-state index contributed by atoms with van der Waals surface area (Å²) < 4.78 is 5.16. The van der Waals surface area contributed by atoms with Gasteiger partial charge in [0.05, 0.1) is 12.7 Å². The average Bonchev–Trinajstić information content (AvgIpc) is 2.28. The van der Waals surface area contributed by atoms with Gasteiger partial charge in [0, 0.05) is 12.8 Å². The molecule has 0 aromatic heterocycles. The van der Waals surface area contributed by atoms with Gasteiger partial charge in [-0.3, -0.25) is 4.79 Å². The molecule has 0 spiro atoms. The van der Waals surface area contributed by atoms with E-state index in [0.717, 1.165) is 5.56 Å². The van der Waals surface area contributed by atoms with Crippen molar-refractivity contribution in [3.63, 3.8) is 0 Å². The summed E-state index contributed by atoms with van der Waals surface area (Å²) in [5, 5.41) is 0. The number of hydrogen-bond acceptors (Lipinski definition) is 3. The molecule has 0 amide bonds. The molecule has 0 saturated heterocycles. The lowest BCUT2D eigenvalue weighted by Crippen LogP contribution is -2.03. The van der Waals surface area contributed by atoms with Crippen molar-refractivity contribution in [2.75, 3.05) is 7.11 Å². The summed E-state index contributed by atoms with van der Waals surface area (Å²) in [4.78, 5) is 22.8. The zero-order valence-corrected chi connectivity index (χ0v) is 10.6. The third-order valence-electron chi connectivity index (χ3n) is 2.59. The van der Waals surface area contributed by atoms with Crippen molar-refractivity contribution in [2.45, 2.75) is 33.1 Å². The van der Waals surface area contributed by atoms with Gasteiger partial charge in [-0.1, -0.05) is 11.6 Å². The maximum absolute atomic E-state index is 12.0. The highest BCUT2D eigenvalue weighted by atomic mass is 16.5. The highest BCUT2D eigenvalue weighted by Gasteiger charge is 2.12. The number of benzene rings is 1. The number of ketones is 2. The van der Waals surface area contributed by atoms with Crippen LogP contribution >= 0.6 is 0 Å². The van der Waals surface area contributed by atoms with Crippen LogP contribution in [0.1, 0.15) is 42.1 Å². The summed E-state index contributed by atoms with van der Waals surface area (Å²) in [7, 11) is 1.55. The van der Waals surface area contributed by atoms with E-state index in [4.69, 9.17) is 4.74 Å². The van der Waals surface area contributed by atoms with Gasteiger partial charge in [0.25, 0.3) is 0 Å². The minimum absolute atomic E-state index is 0.0341. The molecule has 92 valence electrons. The van der Waals surface area contributed by atoms with Crippen LogP contribution in [0.5, 0.6) is 5.75 Å². The zero-order valence-electron chi connectivity index (χ0n) is 10.6. The van der Waals surface area contributed by atoms with E-state index in [9.17, 15) is 9.59 Å². The third kappa shape index (κ3) is 4.02. The molecule has 0 heterocycles. The molecule has 0 atom stereocenters. The Morgan fingerprint density at radius 1 is 1.24 bits per heavy atom. The fourth-order valence-electron chi connectivity index (χ4n) is 1.67. The normalized spacial score (nSPS) is 10.1. The molecule has 0 saturated carbocycles. The van der Waals surface area contributed by atoms with Crippen LogP contribution in [0.25, 0.3) is 0 Å². The summed E-state index contributed by atoms with van der Waals surface area (Å²) in [6.07, 6.45) is 1.45. The van der Waals surface area contributed by atoms with Gasteiger partial charge in [-0.05, 0) is 32.4 Å². The SMILES string of the molecule is COc1ccc(C)cc1C(=O)CCCC(C)=O. The lowest BCUT2D eigenvalue weighted by Gasteiger charge is -2.08. The van der Waals surface area contributed by atoms with E-state index in [1.807, 2.05) is 19.1 Å². The third-order valence-corrected chi connectivity index (χ3v) is 2.59. The number of Topliss-reactive ketones (excluding diaryl/α,β-unsaturated/α-hetero) is 2. The first-order valence-electron chi connectivity index (χ1n) is 5.72. The largest absolute Gasteiger partial charge is 0.496 e. The molecular weight excluding hydrogens is 216 g/mol. The van der Waals surface area contributed by atoms with Crippen molar-refractivity contribution in [3.05, 3.63) is 29.3 Å². The van der Waals surface area contributed by atoms with Crippen molar-refractivity contribution in [2.24, 2.45) is 0 Å². The lowest BCUT2D eigenvalue weighted by atomic mass is 10.0. The van der Waals surface area contributed by atoms with Crippen LogP contribution in [-0.2, 0) is 4.79 Å². The second-order valence-corrected chi connectivity index (χ2v) is 4.18. The molecule has 17 heavy (non-hydrogen) atoms. The molecule has 0 radical (unpaired) electrons. The number of ether oxygens (including phenoxy) is 1. The van der Waals surface area contributed by atoms with Gasteiger partial charge in [-0.15, -0.1) is 0 Å². The van der Waals surface area contributed by atoms with E-state index in [0.29, 0.717) is 30.6 Å². The van der Waals surface area contributed by atoms with Crippen molar-refractivity contribution in [1.82, 2.24) is 0 Å². The predicted octanol–water partition coefficient (Wildman–Crippen LogP) is 2.95. The molecule has 3 heteroatoms. The maximum atomic E-state index is 12.0. The fraction of sp³-hybridized carbons (Fsp3) is 0.429. The molecule has 0 N–H and O–H groups in total. The van der Waals surface area contributed by atoms with Crippen molar-refractivity contribution in [3.8, 4) is 5.75 Å². The predicted molar refractivity (Wildman–Crippen MR) is 66.6 cm³/mol. The molecule has 1 aromatic carbocycles. The summed E-state index contributed by atoms with van der Waals surface area (Å²) >= 11 is 0. The van der Waals surface area contributed by atoms with Crippen molar-refractivity contribution in [1.29, 1.82) is 0 Å². The van der Waals surface area contributed by atoms with Gasteiger partial charge in [-0.25, -0.2) is 0 Å². The number of methoxy groups -OCH3 is 1. The Hall–Kier alpha value is -1.64. The van der Waals surface area contributed by atoms with Gasteiger partial charge in [0.1, 0.15) is 11.5 Å². The van der Waals surface area contributed by atoms with Gasteiger partial charge >= 0.3 is 0 Å². The Balaban J connectivity index is 2.73. The smallest absolute Gasteiger partial charge is 0.166 e. The average molecular weight is 234 g/mol. The van der Waals surface area contributed by atoms with E-state index in [2.05, 4.69) is 0 Å². The topological polar surface area (TPSA) is 43.4 Å². The Bertz CT molecular complexity index is 421. The molecular formula is C14H18O3. The van der Waals surface area contributed by atoms with Crippen LogP contribution in [0, 0.1) is 6.92 Å². The second kappa shape index (κ2) is 6.18. The van der Waals surface area contributed by atoms with Crippen LogP contribution in [0.4, 0.5) is 0 Å². The first kappa shape index (κ1) is 13.4. The van der Waals surface area contributed by atoms with Crippen LogP contribution < -0.4 is 4.74 Å². The number of hydrogen-bond donors (Lipinski definition) is 0. The zero-order chi connectivity index (χ0) is 12.8. The Labute approximate surface area is 102 Å². The molecule has 1 rings (SSSR count). The monoisotopic (exact) mass is 234 g/mol. The number of rotatable bonds is 6. The number of carbonyl (C=O) groups is 2. The molecule has 0 aliphatic rings. The highest BCUT2D eigenvalue weighted by Crippen LogP contribution is 2.21. The fourth-order valence-corrected chi connectivity index (χ4v) is 1.67. The van der Waals surface area contributed by atoms with E-state index in [-0.39, 0.29) is 11.6 Å². The minimum atomic E-state index is 0.0341. The molecule has 3 nitrogen and oxygen atoms in total. The van der Waals surface area contributed by atoms with Crippen molar-refractivity contribution >= 4 is 11.6 Å².